The number of benzene rings is 1. The van der Waals surface area contributed by atoms with Gasteiger partial charge >= 0.3 is 0 Å². The molecule has 0 unspecified atom stereocenters. The Labute approximate surface area is 117 Å². The third kappa shape index (κ3) is 2.27. The molecule has 0 atom stereocenters. The van der Waals surface area contributed by atoms with E-state index in [1.807, 2.05) is 12.1 Å². The van der Waals surface area contributed by atoms with Crippen molar-refractivity contribution in [2.75, 3.05) is 18.0 Å². The van der Waals surface area contributed by atoms with E-state index < -0.39 is 0 Å². The van der Waals surface area contributed by atoms with Gasteiger partial charge in [0.25, 0.3) is 0 Å². The molecule has 3 nitrogen and oxygen atoms in total. The van der Waals surface area contributed by atoms with Crippen molar-refractivity contribution in [3.05, 3.63) is 58.8 Å². The smallest absolute Gasteiger partial charge is 0.200 e. The van der Waals surface area contributed by atoms with E-state index in [-0.39, 0.29) is 5.43 Å². The minimum atomic E-state index is 0.00200. The summed E-state index contributed by atoms with van der Waals surface area (Å²) in [5.41, 5.74) is 1.48. The first-order valence-electron chi connectivity index (χ1n) is 6.89. The van der Waals surface area contributed by atoms with Crippen LogP contribution in [0.1, 0.15) is 18.4 Å². The van der Waals surface area contributed by atoms with Crippen LogP contribution in [0.5, 0.6) is 0 Å². The van der Waals surface area contributed by atoms with Crippen molar-refractivity contribution in [2.45, 2.75) is 12.8 Å². The minimum Gasteiger partial charge on any atom is -0.440 e. The molecule has 1 aromatic heterocycles. The maximum absolute atomic E-state index is 12.3. The zero-order chi connectivity index (χ0) is 13.9. The summed E-state index contributed by atoms with van der Waals surface area (Å²) in [6.07, 6.45) is 8.03. The molecule has 0 saturated heterocycles. The molecule has 102 valence electrons. The van der Waals surface area contributed by atoms with Gasteiger partial charge in [-0.15, -0.1) is 0 Å². The van der Waals surface area contributed by atoms with Crippen molar-refractivity contribution < 1.29 is 4.42 Å². The van der Waals surface area contributed by atoms with Gasteiger partial charge in [-0.05, 0) is 18.9 Å². The summed E-state index contributed by atoms with van der Waals surface area (Å²) in [6.45, 7) is 5.53. The fourth-order valence-corrected chi connectivity index (χ4v) is 2.53. The quantitative estimate of drug-likeness (QED) is 0.780. The van der Waals surface area contributed by atoms with Gasteiger partial charge in [-0.25, -0.2) is 0 Å². The number of rotatable bonds is 2. The Hall–Kier alpha value is -2.29. The Balaban J connectivity index is 2.13. The van der Waals surface area contributed by atoms with Crippen LogP contribution in [0.2, 0.25) is 0 Å². The molecule has 1 aliphatic heterocycles. The van der Waals surface area contributed by atoms with Gasteiger partial charge in [0, 0.05) is 24.7 Å². The van der Waals surface area contributed by atoms with Crippen molar-refractivity contribution in [1.29, 1.82) is 0 Å². The molecular weight excluding hydrogens is 250 g/mol. The Morgan fingerprint density at radius 2 is 1.95 bits per heavy atom. The fraction of sp³-hybridized carbons (Fsp3) is 0.235. The number of nitrogens with zero attached hydrogens (tertiary/aromatic N) is 1. The van der Waals surface area contributed by atoms with Crippen LogP contribution in [-0.2, 0) is 0 Å². The standard InChI is InChI=1S/C17H17NO2/c1-2-13-8-7-9-14-15(19)12-16(20-17(13)14)18-10-5-3-4-6-11-18/h2-4,7-9,12H,1,5-6,10-11H2. The van der Waals surface area contributed by atoms with Gasteiger partial charge in [0.2, 0.25) is 0 Å². The SMILES string of the molecule is C=Cc1cccc2c(=O)cc(N3CCC=CCC3)oc12. The largest absolute Gasteiger partial charge is 0.440 e. The first kappa shape index (κ1) is 12.7. The van der Waals surface area contributed by atoms with Crippen molar-refractivity contribution >= 4 is 22.9 Å². The molecule has 2 heterocycles. The molecule has 0 aliphatic carbocycles. The lowest BCUT2D eigenvalue weighted by Gasteiger charge is -2.21. The lowest BCUT2D eigenvalue weighted by Crippen LogP contribution is -2.25. The van der Waals surface area contributed by atoms with Crippen molar-refractivity contribution in [3.63, 3.8) is 0 Å². The molecule has 1 aromatic carbocycles. The Kier molecular flexibility index (Phi) is 3.42. The molecule has 0 fully saturated rings. The summed E-state index contributed by atoms with van der Waals surface area (Å²) in [7, 11) is 0. The summed E-state index contributed by atoms with van der Waals surface area (Å²) >= 11 is 0. The van der Waals surface area contributed by atoms with Gasteiger partial charge in [0.1, 0.15) is 5.58 Å². The topological polar surface area (TPSA) is 33.5 Å². The van der Waals surface area contributed by atoms with Gasteiger partial charge in [-0.1, -0.05) is 36.9 Å². The highest BCUT2D eigenvalue weighted by molar-refractivity contribution is 5.85. The first-order valence-corrected chi connectivity index (χ1v) is 6.89. The molecular formula is C17H17NO2. The van der Waals surface area contributed by atoms with Gasteiger partial charge < -0.3 is 9.32 Å². The fourth-order valence-electron chi connectivity index (χ4n) is 2.53. The minimum absolute atomic E-state index is 0.00200. The Bertz CT molecular complexity index is 717. The van der Waals surface area contributed by atoms with E-state index in [4.69, 9.17) is 4.42 Å². The van der Waals surface area contributed by atoms with Crippen LogP contribution in [0.25, 0.3) is 17.0 Å². The van der Waals surface area contributed by atoms with Crippen LogP contribution in [0.4, 0.5) is 5.88 Å². The molecule has 2 aromatic rings. The van der Waals surface area contributed by atoms with Crippen molar-refractivity contribution in [2.24, 2.45) is 0 Å². The second kappa shape index (κ2) is 5.37. The highest BCUT2D eigenvalue weighted by Gasteiger charge is 2.13. The molecule has 0 radical (unpaired) electrons. The summed E-state index contributed by atoms with van der Waals surface area (Å²) in [4.78, 5) is 14.4. The average Bonchev–Trinajstić information content (AvgIpc) is 2.75. The average molecular weight is 267 g/mol. The van der Waals surface area contributed by atoms with Crippen LogP contribution < -0.4 is 10.3 Å². The summed E-state index contributed by atoms with van der Waals surface area (Å²) in [6, 6.07) is 7.15. The van der Waals surface area contributed by atoms with Gasteiger partial charge in [0.05, 0.1) is 5.39 Å². The molecule has 0 saturated carbocycles. The van der Waals surface area contributed by atoms with E-state index in [9.17, 15) is 4.79 Å². The monoisotopic (exact) mass is 267 g/mol. The zero-order valence-corrected chi connectivity index (χ0v) is 11.3. The van der Waals surface area contributed by atoms with Gasteiger partial charge in [-0.2, -0.15) is 0 Å². The Morgan fingerprint density at radius 1 is 1.20 bits per heavy atom. The first-order chi connectivity index (χ1) is 9.79. The molecule has 1 aliphatic rings. The van der Waals surface area contributed by atoms with E-state index in [1.165, 1.54) is 0 Å². The number of anilines is 1. The highest BCUT2D eigenvalue weighted by Crippen LogP contribution is 2.24. The predicted octanol–water partition coefficient (Wildman–Crippen LogP) is 3.59. The summed E-state index contributed by atoms with van der Waals surface area (Å²) < 4.78 is 5.99. The van der Waals surface area contributed by atoms with Crippen LogP contribution in [0, 0.1) is 0 Å². The third-order valence-corrected chi connectivity index (χ3v) is 3.60. The number of hydrogen-bond donors (Lipinski definition) is 0. The summed E-state index contributed by atoms with van der Waals surface area (Å²) in [5, 5.41) is 0.610. The maximum Gasteiger partial charge on any atom is 0.200 e. The van der Waals surface area contributed by atoms with Crippen LogP contribution >= 0.6 is 0 Å². The van der Waals surface area contributed by atoms with Gasteiger partial charge in [0.15, 0.2) is 11.3 Å². The molecule has 0 spiro atoms. The van der Waals surface area contributed by atoms with Crippen LogP contribution in [-0.4, -0.2) is 13.1 Å². The third-order valence-electron chi connectivity index (χ3n) is 3.60. The Morgan fingerprint density at radius 3 is 2.65 bits per heavy atom. The highest BCUT2D eigenvalue weighted by atomic mass is 16.4. The van der Waals surface area contributed by atoms with Crippen molar-refractivity contribution in [1.82, 2.24) is 0 Å². The lowest BCUT2D eigenvalue weighted by atomic mass is 10.1. The summed E-state index contributed by atoms with van der Waals surface area (Å²) in [5.74, 6) is 0.653. The van der Waals surface area contributed by atoms with Crippen LogP contribution in [0.15, 0.2) is 52.2 Å². The second-order valence-electron chi connectivity index (χ2n) is 4.91. The number of fused-ring (bicyclic) bond motifs is 1. The van der Waals surface area contributed by atoms with Crippen molar-refractivity contribution in [3.8, 4) is 0 Å². The normalized spacial score (nSPS) is 15.3. The molecule has 0 amide bonds. The maximum atomic E-state index is 12.3. The molecule has 3 rings (SSSR count). The van der Waals surface area contributed by atoms with Gasteiger partial charge in [-0.3, -0.25) is 4.79 Å². The number of hydrogen-bond acceptors (Lipinski definition) is 3. The van der Waals surface area contributed by atoms with E-state index in [0.29, 0.717) is 16.9 Å². The molecule has 20 heavy (non-hydrogen) atoms. The number of para-hydroxylation sites is 1. The van der Waals surface area contributed by atoms with E-state index in [1.54, 1.807) is 18.2 Å². The second-order valence-corrected chi connectivity index (χ2v) is 4.91. The lowest BCUT2D eigenvalue weighted by molar-refractivity contribution is 0.571. The van der Waals surface area contributed by atoms with E-state index in [2.05, 4.69) is 23.6 Å². The predicted molar refractivity (Wildman–Crippen MR) is 83.2 cm³/mol. The molecule has 3 heteroatoms. The van der Waals surface area contributed by atoms with E-state index >= 15 is 0 Å². The van der Waals surface area contributed by atoms with E-state index in [0.717, 1.165) is 31.5 Å². The molecule has 0 N–H and O–H groups in total. The molecule has 0 bridgehead atoms. The zero-order valence-electron chi connectivity index (χ0n) is 11.3. The van der Waals surface area contributed by atoms with Crippen LogP contribution in [0.3, 0.4) is 0 Å².